The summed E-state index contributed by atoms with van der Waals surface area (Å²) in [5.74, 6) is 0. The van der Waals surface area contributed by atoms with Crippen LogP contribution in [0, 0.1) is 0 Å². The highest BCUT2D eigenvalue weighted by molar-refractivity contribution is 4.84. The van der Waals surface area contributed by atoms with Gasteiger partial charge in [-0.05, 0) is 6.92 Å². The van der Waals surface area contributed by atoms with E-state index in [1.54, 1.807) is 0 Å². The molecular formula is C16H36N2O6+2. The van der Waals surface area contributed by atoms with Gasteiger partial charge in [0.2, 0.25) is 6.17 Å². The van der Waals surface area contributed by atoms with E-state index in [-0.39, 0.29) is 54.8 Å². The van der Waals surface area contributed by atoms with Crippen LogP contribution >= 0.6 is 0 Å². The Bertz CT molecular complexity index is 280. The first kappa shape index (κ1) is 23.4. The fourth-order valence-electron chi connectivity index (χ4n) is 3.72. The van der Waals surface area contributed by atoms with Crippen molar-refractivity contribution in [1.29, 1.82) is 0 Å². The van der Waals surface area contributed by atoms with Gasteiger partial charge in [-0.2, -0.15) is 0 Å². The maximum Gasteiger partial charge on any atom is 0.236 e. The highest BCUT2D eigenvalue weighted by atomic mass is 16.3. The van der Waals surface area contributed by atoms with Gasteiger partial charge in [0.15, 0.2) is 0 Å². The molecule has 8 heteroatoms. The predicted molar refractivity (Wildman–Crippen MR) is 90.8 cm³/mol. The minimum absolute atomic E-state index is 0.120. The fourth-order valence-corrected chi connectivity index (χ4v) is 3.72. The fraction of sp³-hybridized carbons (Fsp3) is 0.875. The average molecular weight is 352 g/mol. The molecule has 6 N–H and O–H groups in total. The van der Waals surface area contributed by atoms with Crippen molar-refractivity contribution in [2.24, 2.45) is 0 Å². The highest BCUT2D eigenvalue weighted by Crippen LogP contribution is 2.26. The van der Waals surface area contributed by atoms with E-state index in [1.807, 2.05) is 19.1 Å². The standard InChI is InChI=1S/C16H36N2O6/c1-2-3-16(17(4-10-19,5-11-20)6-12-21)18(7-13-22,8-14-23)9-15-24/h2-3,16,19-24H,4-15H2,1H3/q+2/b3-2+. The number of allylic oxidation sites excluding steroid dienone is 1. The third-order valence-corrected chi connectivity index (χ3v) is 4.76. The van der Waals surface area contributed by atoms with Crippen LogP contribution in [0.2, 0.25) is 0 Å². The number of hydrogen-bond donors (Lipinski definition) is 6. The van der Waals surface area contributed by atoms with Crippen LogP contribution in [0.3, 0.4) is 0 Å². The van der Waals surface area contributed by atoms with E-state index in [0.29, 0.717) is 39.3 Å². The van der Waals surface area contributed by atoms with Crippen LogP contribution in [-0.4, -0.2) is 125 Å². The molecule has 8 nitrogen and oxygen atoms in total. The first-order valence-corrected chi connectivity index (χ1v) is 8.56. The van der Waals surface area contributed by atoms with E-state index < -0.39 is 0 Å². The second-order valence-corrected chi connectivity index (χ2v) is 6.06. The molecular weight excluding hydrogens is 316 g/mol. The van der Waals surface area contributed by atoms with Crippen molar-refractivity contribution in [2.45, 2.75) is 13.1 Å². The summed E-state index contributed by atoms with van der Waals surface area (Å²) in [4.78, 5) is 0. The molecule has 24 heavy (non-hydrogen) atoms. The molecule has 0 fully saturated rings. The Balaban J connectivity index is 6.16. The topological polar surface area (TPSA) is 121 Å². The monoisotopic (exact) mass is 352 g/mol. The van der Waals surface area contributed by atoms with Crippen molar-refractivity contribution < 1.29 is 39.6 Å². The minimum atomic E-state index is -0.326. The molecule has 0 atom stereocenters. The molecule has 0 saturated carbocycles. The zero-order valence-corrected chi connectivity index (χ0v) is 14.8. The van der Waals surface area contributed by atoms with Gasteiger partial charge in [0.1, 0.15) is 39.3 Å². The Morgan fingerprint density at radius 2 is 0.833 bits per heavy atom. The molecule has 0 aliphatic heterocycles. The minimum Gasteiger partial charge on any atom is -0.391 e. The Morgan fingerprint density at radius 3 is 1.00 bits per heavy atom. The predicted octanol–water partition coefficient (Wildman–Crippen LogP) is -2.52. The van der Waals surface area contributed by atoms with Gasteiger partial charge in [-0.3, -0.25) is 8.97 Å². The molecule has 0 saturated heterocycles. The molecule has 0 radical (unpaired) electrons. The lowest BCUT2D eigenvalue weighted by Crippen LogP contribution is -2.73. The van der Waals surface area contributed by atoms with Gasteiger partial charge >= 0.3 is 0 Å². The van der Waals surface area contributed by atoms with Crippen molar-refractivity contribution in [3.8, 4) is 0 Å². The zero-order valence-electron chi connectivity index (χ0n) is 14.8. The van der Waals surface area contributed by atoms with Crippen LogP contribution in [0.1, 0.15) is 6.92 Å². The lowest BCUT2D eigenvalue weighted by atomic mass is 10.1. The number of aliphatic hydroxyl groups excluding tert-OH is 6. The van der Waals surface area contributed by atoms with E-state index >= 15 is 0 Å². The maximum absolute atomic E-state index is 9.57. The second kappa shape index (κ2) is 12.7. The molecule has 0 bridgehead atoms. The number of rotatable bonds is 15. The van der Waals surface area contributed by atoms with E-state index in [9.17, 15) is 30.6 Å². The summed E-state index contributed by atoms with van der Waals surface area (Å²) in [7, 11) is 0. The molecule has 0 amide bonds. The van der Waals surface area contributed by atoms with Crippen LogP contribution in [0.4, 0.5) is 0 Å². The summed E-state index contributed by atoms with van der Waals surface area (Å²) < 4.78 is 0.432. The van der Waals surface area contributed by atoms with Crippen molar-refractivity contribution in [2.75, 3.05) is 78.9 Å². The summed E-state index contributed by atoms with van der Waals surface area (Å²) in [5.41, 5.74) is 0. The summed E-state index contributed by atoms with van der Waals surface area (Å²) in [5, 5.41) is 57.4. The smallest absolute Gasteiger partial charge is 0.236 e. The number of hydrogen-bond acceptors (Lipinski definition) is 6. The maximum atomic E-state index is 9.57. The Morgan fingerprint density at radius 1 is 0.583 bits per heavy atom. The van der Waals surface area contributed by atoms with Crippen molar-refractivity contribution >= 4 is 0 Å². The van der Waals surface area contributed by atoms with Crippen LogP contribution in [-0.2, 0) is 0 Å². The Kier molecular flexibility index (Phi) is 12.4. The molecule has 0 aromatic rings. The normalized spacial score (nSPS) is 13.3. The highest BCUT2D eigenvalue weighted by Gasteiger charge is 2.48. The SMILES string of the molecule is C/C=C/C([N+](CCO)(CCO)CCO)[N+](CCO)(CCO)CCO. The first-order valence-electron chi connectivity index (χ1n) is 8.56. The van der Waals surface area contributed by atoms with Crippen molar-refractivity contribution in [1.82, 2.24) is 0 Å². The third-order valence-electron chi connectivity index (χ3n) is 4.76. The van der Waals surface area contributed by atoms with Gasteiger partial charge in [-0.1, -0.05) is 6.08 Å². The third kappa shape index (κ3) is 6.05. The van der Waals surface area contributed by atoms with Gasteiger partial charge in [0.05, 0.1) is 39.6 Å². The first-order chi connectivity index (χ1) is 11.6. The van der Waals surface area contributed by atoms with Crippen molar-refractivity contribution in [3.63, 3.8) is 0 Å². The second-order valence-electron chi connectivity index (χ2n) is 6.06. The molecule has 0 heterocycles. The molecule has 144 valence electrons. The summed E-state index contributed by atoms with van der Waals surface area (Å²) in [6.07, 6.45) is 3.44. The van der Waals surface area contributed by atoms with Gasteiger partial charge < -0.3 is 30.6 Å². The molecule has 0 aliphatic carbocycles. The van der Waals surface area contributed by atoms with E-state index in [1.165, 1.54) is 0 Å². The van der Waals surface area contributed by atoms with Gasteiger partial charge in [0.25, 0.3) is 0 Å². The lowest BCUT2D eigenvalue weighted by molar-refractivity contribution is -1.13. The van der Waals surface area contributed by atoms with Crippen LogP contribution in [0.15, 0.2) is 12.2 Å². The molecule has 0 spiro atoms. The lowest BCUT2D eigenvalue weighted by Gasteiger charge is -2.52. The van der Waals surface area contributed by atoms with Gasteiger partial charge in [-0.25, -0.2) is 0 Å². The summed E-state index contributed by atoms with van der Waals surface area (Å²) >= 11 is 0. The van der Waals surface area contributed by atoms with Crippen LogP contribution in [0.25, 0.3) is 0 Å². The van der Waals surface area contributed by atoms with Gasteiger partial charge in [0, 0.05) is 6.08 Å². The molecule has 0 unspecified atom stereocenters. The molecule has 0 aliphatic rings. The summed E-state index contributed by atoms with van der Waals surface area (Å²) in [6.45, 7) is 3.04. The van der Waals surface area contributed by atoms with Crippen molar-refractivity contribution in [3.05, 3.63) is 12.2 Å². The zero-order chi connectivity index (χ0) is 18.5. The van der Waals surface area contributed by atoms with Gasteiger partial charge in [-0.15, -0.1) is 0 Å². The average Bonchev–Trinajstić information content (AvgIpc) is 2.54. The Hall–Kier alpha value is -0.580. The summed E-state index contributed by atoms with van der Waals surface area (Å²) in [6, 6.07) is 0. The van der Waals surface area contributed by atoms with Crippen LogP contribution < -0.4 is 0 Å². The van der Waals surface area contributed by atoms with E-state index in [2.05, 4.69) is 0 Å². The Labute approximate surface area is 144 Å². The largest absolute Gasteiger partial charge is 0.391 e. The number of quaternary nitrogens is 2. The van der Waals surface area contributed by atoms with E-state index in [0.717, 1.165) is 0 Å². The van der Waals surface area contributed by atoms with Crippen LogP contribution in [0.5, 0.6) is 0 Å². The molecule has 0 aromatic heterocycles. The molecule has 0 aromatic carbocycles. The molecule has 0 rings (SSSR count). The van der Waals surface area contributed by atoms with E-state index in [4.69, 9.17) is 0 Å². The number of nitrogens with zero attached hydrogens (tertiary/aromatic N) is 2. The quantitative estimate of drug-likeness (QED) is 0.110. The number of aliphatic hydroxyl groups is 6.